The maximum absolute atomic E-state index is 13.9. The van der Waals surface area contributed by atoms with Gasteiger partial charge in [-0.2, -0.15) is 0 Å². The summed E-state index contributed by atoms with van der Waals surface area (Å²) in [5, 5.41) is 6.32. The van der Waals surface area contributed by atoms with E-state index in [0.717, 1.165) is 5.69 Å². The Labute approximate surface area is 180 Å². The Morgan fingerprint density at radius 2 is 1.96 bits per heavy atom. The minimum atomic E-state index is -0.331. The molecule has 0 radical (unpaired) electrons. The minimum Gasteiger partial charge on any atom is -0.493 e. The van der Waals surface area contributed by atoms with Gasteiger partial charge in [-0.3, -0.25) is 4.99 Å². The van der Waals surface area contributed by atoms with Gasteiger partial charge >= 0.3 is 0 Å². The molecule has 3 rings (SSSR count). The third kappa shape index (κ3) is 5.16. The number of rotatable bonds is 5. The number of ether oxygens (including phenoxy) is 4. The molecule has 0 unspecified atom stereocenters. The molecule has 0 fully saturated rings. The molecule has 0 atom stereocenters. The van der Waals surface area contributed by atoms with Gasteiger partial charge in [-0.25, -0.2) is 4.39 Å². The number of hydrogen-bond donors (Lipinski definition) is 2. The number of anilines is 1. The number of halogens is 2. The van der Waals surface area contributed by atoms with Crippen LogP contribution >= 0.6 is 24.0 Å². The topological polar surface area (TPSA) is 73.3 Å². The molecule has 7 nitrogen and oxygen atoms in total. The molecule has 0 aliphatic carbocycles. The van der Waals surface area contributed by atoms with Gasteiger partial charge in [0.15, 0.2) is 24.3 Å². The summed E-state index contributed by atoms with van der Waals surface area (Å²) in [6.07, 6.45) is 0. The molecule has 1 aliphatic rings. The second-order valence-electron chi connectivity index (χ2n) is 5.78. The van der Waals surface area contributed by atoms with E-state index in [4.69, 9.17) is 18.9 Å². The van der Waals surface area contributed by atoms with Gasteiger partial charge in [0.25, 0.3) is 0 Å². The van der Waals surface area contributed by atoms with Crippen molar-refractivity contribution in [2.24, 2.45) is 4.99 Å². The Morgan fingerprint density at radius 3 is 2.68 bits per heavy atom. The van der Waals surface area contributed by atoms with Crippen LogP contribution in [0.2, 0.25) is 0 Å². The zero-order valence-corrected chi connectivity index (χ0v) is 18.2. The number of fused-ring (bicyclic) bond motifs is 1. The molecule has 2 aromatic carbocycles. The summed E-state index contributed by atoms with van der Waals surface area (Å²) in [5.41, 5.74) is 2.16. The van der Waals surface area contributed by atoms with E-state index in [-0.39, 0.29) is 36.6 Å². The van der Waals surface area contributed by atoms with E-state index >= 15 is 0 Å². The SMILES string of the molecule is CN=C(NCc1cc(F)cc2c1OCOC2)Nc1ccc(OC)c(OC)c1.I. The number of nitrogens with zero attached hydrogens (tertiary/aromatic N) is 1. The first-order valence-electron chi connectivity index (χ1n) is 8.36. The molecule has 0 aromatic heterocycles. The quantitative estimate of drug-likeness (QED) is 0.370. The summed E-state index contributed by atoms with van der Waals surface area (Å²) in [5.74, 6) is 2.08. The van der Waals surface area contributed by atoms with Crippen LogP contribution in [0.5, 0.6) is 17.2 Å². The Balaban J connectivity index is 0.00000280. The minimum absolute atomic E-state index is 0. The Morgan fingerprint density at radius 1 is 1.18 bits per heavy atom. The highest BCUT2D eigenvalue weighted by atomic mass is 127. The molecular weight excluding hydrogens is 480 g/mol. The average molecular weight is 503 g/mol. The molecule has 152 valence electrons. The molecule has 2 N–H and O–H groups in total. The van der Waals surface area contributed by atoms with Crippen LogP contribution in [0.3, 0.4) is 0 Å². The second kappa shape index (κ2) is 10.3. The van der Waals surface area contributed by atoms with Crippen LogP contribution < -0.4 is 24.8 Å². The fraction of sp³-hybridized carbons (Fsp3) is 0.316. The van der Waals surface area contributed by atoms with Crippen LogP contribution in [0.15, 0.2) is 35.3 Å². The average Bonchev–Trinajstić information content (AvgIpc) is 2.70. The standard InChI is InChI=1S/C19H22FN3O4.HI/c1-21-19(23-15-4-5-16(24-2)17(8-15)25-3)22-9-12-6-14(20)7-13-10-26-11-27-18(12)13;/h4-8H,9-11H2,1-3H3,(H2,21,22,23);1H. The van der Waals surface area contributed by atoms with Gasteiger partial charge in [0.05, 0.1) is 20.8 Å². The number of aliphatic imine (C=N–C) groups is 1. The van der Waals surface area contributed by atoms with Crippen molar-refractivity contribution in [2.75, 3.05) is 33.4 Å². The molecule has 0 spiro atoms. The lowest BCUT2D eigenvalue weighted by Gasteiger charge is -2.21. The monoisotopic (exact) mass is 503 g/mol. The highest BCUT2D eigenvalue weighted by molar-refractivity contribution is 14.0. The van der Waals surface area contributed by atoms with Crippen molar-refractivity contribution in [3.05, 3.63) is 47.3 Å². The van der Waals surface area contributed by atoms with Crippen molar-refractivity contribution in [1.29, 1.82) is 0 Å². The summed E-state index contributed by atoms with van der Waals surface area (Å²) in [7, 11) is 4.81. The summed E-state index contributed by atoms with van der Waals surface area (Å²) >= 11 is 0. The van der Waals surface area contributed by atoms with Crippen molar-refractivity contribution in [2.45, 2.75) is 13.2 Å². The van der Waals surface area contributed by atoms with E-state index in [2.05, 4.69) is 15.6 Å². The van der Waals surface area contributed by atoms with Gasteiger partial charge in [0.2, 0.25) is 0 Å². The lowest BCUT2D eigenvalue weighted by atomic mass is 10.1. The normalized spacial score (nSPS) is 12.9. The van der Waals surface area contributed by atoms with Crippen molar-refractivity contribution < 1.29 is 23.3 Å². The van der Waals surface area contributed by atoms with Gasteiger partial charge in [-0.1, -0.05) is 0 Å². The zero-order valence-electron chi connectivity index (χ0n) is 15.9. The molecule has 2 aromatic rings. The van der Waals surface area contributed by atoms with Gasteiger partial charge in [-0.15, -0.1) is 24.0 Å². The summed E-state index contributed by atoms with van der Waals surface area (Å²) in [6, 6.07) is 8.32. The van der Waals surface area contributed by atoms with Crippen molar-refractivity contribution in [3.63, 3.8) is 0 Å². The lowest BCUT2D eigenvalue weighted by Crippen LogP contribution is -2.30. The fourth-order valence-corrected chi connectivity index (χ4v) is 2.80. The predicted octanol–water partition coefficient (Wildman–Crippen LogP) is 3.51. The maximum atomic E-state index is 13.9. The van der Waals surface area contributed by atoms with Crippen molar-refractivity contribution >= 4 is 35.6 Å². The van der Waals surface area contributed by atoms with Gasteiger partial charge in [-0.05, 0) is 24.3 Å². The molecular formula is C19H23FIN3O4. The summed E-state index contributed by atoms with van der Waals surface area (Å²) in [4.78, 5) is 4.19. The van der Waals surface area contributed by atoms with E-state index in [9.17, 15) is 4.39 Å². The van der Waals surface area contributed by atoms with Crippen LogP contribution in [0, 0.1) is 5.82 Å². The Bertz CT molecular complexity index is 848. The fourth-order valence-electron chi connectivity index (χ4n) is 2.80. The first-order valence-corrected chi connectivity index (χ1v) is 8.36. The van der Waals surface area contributed by atoms with E-state index in [0.29, 0.717) is 47.5 Å². The molecule has 9 heteroatoms. The smallest absolute Gasteiger partial charge is 0.195 e. The van der Waals surface area contributed by atoms with Crippen LogP contribution in [0.4, 0.5) is 10.1 Å². The zero-order chi connectivity index (χ0) is 19.2. The van der Waals surface area contributed by atoms with Gasteiger partial charge < -0.3 is 29.6 Å². The van der Waals surface area contributed by atoms with Crippen LogP contribution in [-0.4, -0.2) is 34.0 Å². The molecule has 0 saturated heterocycles. The number of nitrogens with one attached hydrogen (secondary N) is 2. The van der Waals surface area contributed by atoms with Crippen LogP contribution in [0.25, 0.3) is 0 Å². The highest BCUT2D eigenvalue weighted by Crippen LogP contribution is 2.30. The number of guanidine groups is 1. The van der Waals surface area contributed by atoms with E-state index in [1.165, 1.54) is 12.1 Å². The molecule has 1 aliphatic heterocycles. The summed E-state index contributed by atoms with van der Waals surface area (Å²) < 4.78 is 35.1. The van der Waals surface area contributed by atoms with Gasteiger partial charge in [0.1, 0.15) is 11.6 Å². The second-order valence-corrected chi connectivity index (χ2v) is 5.78. The Hall–Kier alpha value is -2.27. The highest BCUT2D eigenvalue weighted by Gasteiger charge is 2.17. The molecule has 28 heavy (non-hydrogen) atoms. The van der Waals surface area contributed by atoms with Crippen molar-refractivity contribution in [3.8, 4) is 17.2 Å². The third-order valence-electron chi connectivity index (χ3n) is 4.07. The predicted molar refractivity (Wildman–Crippen MR) is 115 cm³/mol. The molecule has 0 amide bonds. The van der Waals surface area contributed by atoms with E-state index in [1.54, 1.807) is 33.4 Å². The molecule has 0 saturated carbocycles. The molecule has 1 heterocycles. The van der Waals surface area contributed by atoms with E-state index in [1.807, 2.05) is 6.07 Å². The summed E-state index contributed by atoms with van der Waals surface area (Å²) in [6.45, 7) is 0.829. The maximum Gasteiger partial charge on any atom is 0.195 e. The van der Waals surface area contributed by atoms with E-state index < -0.39 is 0 Å². The van der Waals surface area contributed by atoms with Crippen molar-refractivity contribution in [1.82, 2.24) is 5.32 Å². The molecule has 0 bridgehead atoms. The number of benzene rings is 2. The van der Waals surface area contributed by atoms with Crippen LogP contribution in [-0.2, 0) is 17.9 Å². The first-order chi connectivity index (χ1) is 13.1. The van der Waals surface area contributed by atoms with Crippen LogP contribution in [0.1, 0.15) is 11.1 Å². The third-order valence-corrected chi connectivity index (χ3v) is 4.07. The van der Waals surface area contributed by atoms with Gasteiger partial charge in [0, 0.05) is 36.5 Å². The number of methoxy groups -OCH3 is 2. The lowest BCUT2D eigenvalue weighted by molar-refractivity contribution is -0.0172. The first kappa shape index (κ1) is 22.0. The largest absolute Gasteiger partial charge is 0.493 e. The Kier molecular flexibility index (Phi) is 8.12. The number of hydrogen-bond acceptors (Lipinski definition) is 5.